The molecular formula is C16H14N4. The van der Waals surface area contributed by atoms with Crippen LogP contribution in [0.25, 0.3) is 22.2 Å². The Morgan fingerprint density at radius 3 is 2.80 bits per heavy atom. The van der Waals surface area contributed by atoms with Gasteiger partial charge < -0.3 is 9.97 Å². The topological polar surface area (TPSA) is 68.3 Å². The smallest absolute Gasteiger partial charge is 0.127 e. The monoisotopic (exact) mass is 262 g/mol. The standard InChI is InChI=1S/C16H14N4/c1-10-14(11-4-2-3-5-12(11)19-10)13-8-18-15(20-13)16(9-17)6-7-16/h2-5,8,19H,6-7H2,1H3,(H,18,20). The molecule has 3 aromatic rings. The second-order valence-electron chi connectivity index (χ2n) is 5.51. The van der Waals surface area contributed by atoms with E-state index < -0.39 is 0 Å². The van der Waals surface area contributed by atoms with E-state index in [0.717, 1.165) is 41.1 Å². The molecule has 1 aliphatic carbocycles. The number of nitrogens with one attached hydrogen (secondary N) is 2. The van der Waals surface area contributed by atoms with Crippen molar-refractivity contribution in [3.8, 4) is 17.3 Å². The Hall–Kier alpha value is -2.54. The zero-order chi connectivity index (χ0) is 13.7. The van der Waals surface area contributed by atoms with Crippen LogP contribution < -0.4 is 0 Å². The predicted molar refractivity (Wildman–Crippen MR) is 77.1 cm³/mol. The van der Waals surface area contributed by atoms with Gasteiger partial charge in [-0.3, -0.25) is 0 Å². The van der Waals surface area contributed by atoms with Crippen LogP contribution in [0, 0.1) is 18.3 Å². The fourth-order valence-corrected chi connectivity index (χ4v) is 2.84. The Balaban J connectivity index is 1.88. The quantitative estimate of drug-likeness (QED) is 0.743. The van der Waals surface area contributed by atoms with Gasteiger partial charge in [0.2, 0.25) is 0 Å². The van der Waals surface area contributed by atoms with E-state index in [1.165, 1.54) is 5.39 Å². The summed E-state index contributed by atoms with van der Waals surface area (Å²) in [4.78, 5) is 11.2. The third-order valence-electron chi connectivity index (χ3n) is 4.16. The van der Waals surface area contributed by atoms with Crippen molar-refractivity contribution in [2.75, 3.05) is 0 Å². The van der Waals surface area contributed by atoms with E-state index >= 15 is 0 Å². The van der Waals surface area contributed by atoms with Gasteiger partial charge in [0.15, 0.2) is 0 Å². The van der Waals surface area contributed by atoms with Crippen molar-refractivity contribution in [3.05, 3.63) is 42.0 Å². The molecule has 0 bridgehead atoms. The van der Waals surface area contributed by atoms with Gasteiger partial charge in [-0.1, -0.05) is 18.2 Å². The van der Waals surface area contributed by atoms with Crippen molar-refractivity contribution < 1.29 is 0 Å². The fourth-order valence-electron chi connectivity index (χ4n) is 2.84. The summed E-state index contributed by atoms with van der Waals surface area (Å²) in [5.74, 6) is 0.805. The highest BCUT2D eigenvalue weighted by Gasteiger charge is 2.47. The van der Waals surface area contributed by atoms with Crippen LogP contribution in [0.1, 0.15) is 24.4 Å². The maximum Gasteiger partial charge on any atom is 0.127 e. The van der Waals surface area contributed by atoms with Crippen molar-refractivity contribution in [2.24, 2.45) is 0 Å². The number of nitrogens with zero attached hydrogens (tertiary/aromatic N) is 2. The molecule has 2 N–H and O–H groups in total. The molecule has 1 fully saturated rings. The van der Waals surface area contributed by atoms with Gasteiger partial charge in [0, 0.05) is 22.2 Å². The minimum Gasteiger partial charge on any atom is -0.358 e. The van der Waals surface area contributed by atoms with Gasteiger partial charge in [-0.25, -0.2) is 4.98 Å². The summed E-state index contributed by atoms with van der Waals surface area (Å²) in [6, 6.07) is 10.6. The molecule has 4 nitrogen and oxygen atoms in total. The van der Waals surface area contributed by atoms with Gasteiger partial charge in [0.1, 0.15) is 11.2 Å². The third kappa shape index (κ3) is 1.44. The number of nitriles is 1. The van der Waals surface area contributed by atoms with Gasteiger partial charge >= 0.3 is 0 Å². The number of fused-ring (bicyclic) bond motifs is 1. The van der Waals surface area contributed by atoms with Crippen LogP contribution in [0.3, 0.4) is 0 Å². The highest BCUT2D eigenvalue weighted by molar-refractivity contribution is 5.96. The maximum atomic E-state index is 9.26. The van der Waals surface area contributed by atoms with Gasteiger partial charge in [-0.2, -0.15) is 5.26 Å². The molecule has 4 heteroatoms. The van der Waals surface area contributed by atoms with Crippen LogP contribution >= 0.6 is 0 Å². The van der Waals surface area contributed by atoms with Crippen molar-refractivity contribution in [1.82, 2.24) is 15.0 Å². The first kappa shape index (κ1) is 11.3. The molecule has 0 aliphatic heterocycles. The SMILES string of the molecule is Cc1[nH]c2ccccc2c1-c1cnc(C2(C#N)CC2)[nH]1. The van der Waals surface area contributed by atoms with Crippen LogP contribution in [0.4, 0.5) is 0 Å². The lowest BCUT2D eigenvalue weighted by Crippen LogP contribution is -2.04. The molecule has 0 amide bonds. The number of hydrogen-bond acceptors (Lipinski definition) is 2. The van der Waals surface area contributed by atoms with E-state index in [1.807, 2.05) is 18.3 Å². The number of rotatable bonds is 2. The second kappa shape index (κ2) is 3.73. The first-order valence-corrected chi connectivity index (χ1v) is 6.78. The second-order valence-corrected chi connectivity index (χ2v) is 5.51. The summed E-state index contributed by atoms with van der Waals surface area (Å²) < 4.78 is 0. The van der Waals surface area contributed by atoms with Crippen LogP contribution in [-0.2, 0) is 5.41 Å². The summed E-state index contributed by atoms with van der Waals surface area (Å²) in [6.07, 6.45) is 3.65. The Bertz CT molecular complexity index is 843. The number of aromatic amines is 2. The van der Waals surface area contributed by atoms with Crippen LogP contribution in [0.2, 0.25) is 0 Å². The average Bonchev–Trinajstić information content (AvgIpc) is 2.98. The van der Waals surface area contributed by atoms with E-state index in [0.29, 0.717) is 0 Å². The van der Waals surface area contributed by atoms with Gasteiger partial charge in [-0.05, 0) is 25.8 Å². The number of hydrogen-bond donors (Lipinski definition) is 2. The molecule has 0 spiro atoms. The van der Waals surface area contributed by atoms with E-state index in [4.69, 9.17) is 0 Å². The summed E-state index contributed by atoms with van der Waals surface area (Å²) in [5, 5.41) is 10.4. The van der Waals surface area contributed by atoms with Crippen molar-refractivity contribution in [3.63, 3.8) is 0 Å². The molecule has 1 aliphatic rings. The Morgan fingerprint density at radius 2 is 2.05 bits per heavy atom. The van der Waals surface area contributed by atoms with Crippen LogP contribution in [0.5, 0.6) is 0 Å². The first-order valence-electron chi connectivity index (χ1n) is 6.78. The first-order chi connectivity index (χ1) is 9.73. The molecule has 2 heterocycles. The number of aryl methyl sites for hydroxylation is 1. The molecule has 0 saturated heterocycles. The lowest BCUT2D eigenvalue weighted by Gasteiger charge is -2.00. The number of para-hydroxylation sites is 1. The zero-order valence-corrected chi connectivity index (χ0v) is 11.2. The van der Waals surface area contributed by atoms with E-state index in [-0.39, 0.29) is 5.41 Å². The van der Waals surface area contributed by atoms with E-state index in [2.05, 4.69) is 40.1 Å². The molecule has 2 aromatic heterocycles. The molecule has 1 aromatic carbocycles. The molecule has 0 unspecified atom stereocenters. The molecule has 20 heavy (non-hydrogen) atoms. The number of aromatic nitrogens is 3. The van der Waals surface area contributed by atoms with Crippen molar-refractivity contribution in [2.45, 2.75) is 25.2 Å². The lowest BCUT2D eigenvalue weighted by atomic mass is 10.1. The summed E-state index contributed by atoms with van der Waals surface area (Å²) in [7, 11) is 0. The molecule has 98 valence electrons. The van der Waals surface area contributed by atoms with Crippen molar-refractivity contribution in [1.29, 1.82) is 5.26 Å². The predicted octanol–water partition coefficient (Wildman–Crippen LogP) is 3.42. The molecular weight excluding hydrogens is 248 g/mol. The van der Waals surface area contributed by atoms with Gasteiger partial charge in [0.05, 0.1) is 18.0 Å². The molecule has 4 rings (SSSR count). The number of imidazole rings is 1. The fraction of sp³-hybridized carbons (Fsp3) is 0.250. The maximum absolute atomic E-state index is 9.26. The van der Waals surface area contributed by atoms with E-state index in [9.17, 15) is 5.26 Å². The summed E-state index contributed by atoms with van der Waals surface area (Å²) >= 11 is 0. The third-order valence-corrected chi connectivity index (χ3v) is 4.16. The van der Waals surface area contributed by atoms with E-state index in [1.54, 1.807) is 0 Å². The highest BCUT2D eigenvalue weighted by Crippen LogP contribution is 2.46. The lowest BCUT2D eigenvalue weighted by molar-refractivity contribution is 0.822. The Kier molecular flexibility index (Phi) is 2.11. The molecule has 0 atom stereocenters. The minimum atomic E-state index is -0.363. The van der Waals surface area contributed by atoms with Gasteiger partial charge in [-0.15, -0.1) is 0 Å². The van der Waals surface area contributed by atoms with Gasteiger partial charge in [0.25, 0.3) is 0 Å². The number of H-pyrrole nitrogens is 2. The van der Waals surface area contributed by atoms with Crippen molar-refractivity contribution >= 4 is 10.9 Å². The summed E-state index contributed by atoms with van der Waals surface area (Å²) in [6.45, 7) is 2.06. The molecule has 1 saturated carbocycles. The highest BCUT2D eigenvalue weighted by atomic mass is 15.0. The summed E-state index contributed by atoms with van der Waals surface area (Å²) in [5.41, 5.74) is 4.00. The zero-order valence-electron chi connectivity index (χ0n) is 11.2. The average molecular weight is 262 g/mol. The normalized spacial score (nSPS) is 16.2. The molecule has 0 radical (unpaired) electrons. The Morgan fingerprint density at radius 1 is 1.25 bits per heavy atom. The van der Waals surface area contributed by atoms with Crippen LogP contribution in [0.15, 0.2) is 30.5 Å². The minimum absolute atomic E-state index is 0.363. The number of benzene rings is 1. The Labute approximate surface area is 116 Å². The van der Waals surface area contributed by atoms with Crippen LogP contribution in [-0.4, -0.2) is 15.0 Å². The largest absolute Gasteiger partial charge is 0.358 e.